The molecule has 0 aliphatic heterocycles. The normalized spacial score (nSPS) is 13.6. The number of benzene rings is 1. The molecule has 1 aromatic carbocycles. The van der Waals surface area contributed by atoms with Gasteiger partial charge in [0.2, 0.25) is 5.91 Å². The number of hydrogen-bond acceptors (Lipinski definition) is 4. The molecule has 0 fully saturated rings. The molecule has 6 heteroatoms. The van der Waals surface area contributed by atoms with Crippen molar-refractivity contribution in [3.05, 3.63) is 35.9 Å². The van der Waals surface area contributed by atoms with Gasteiger partial charge in [0.15, 0.2) is 0 Å². The number of rotatable bonds is 7. The van der Waals surface area contributed by atoms with Gasteiger partial charge in [0.1, 0.15) is 6.04 Å². The van der Waals surface area contributed by atoms with E-state index in [-0.39, 0.29) is 23.5 Å². The standard InChI is InChI=1S/C13H18N2O3S/c1-9(10-5-3-2-4-6-10)15-12(16)8-19-7-11(14)13(17)18/h2-6,9,11H,7-8,14H2,1H3,(H,15,16)(H,17,18). The smallest absolute Gasteiger partial charge is 0.321 e. The highest BCUT2D eigenvalue weighted by molar-refractivity contribution is 8.00. The van der Waals surface area contributed by atoms with E-state index in [0.29, 0.717) is 0 Å². The van der Waals surface area contributed by atoms with Crippen molar-refractivity contribution in [2.75, 3.05) is 11.5 Å². The molecule has 0 radical (unpaired) electrons. The van der Waals surface area contributed by atoms with Crippen LogP contribution < -0.4 is 11.1 Å². The van der Waals surface area contributed by atoms with E-state index in [9.17, 15) is 9.59 Å². The van der Waals surface area contributed by atoms with Crippen LogP contribution in [-0.4, -0.2) is 34.5 Å². The van der Waals surface area contributed by atoms with Gasteiger partial charge in [-0.15, -0.1) is 11.8 Å². The summed E-state index contributed by atoms with van der Waals surface area (Å²) in [5.41, 5.74) is 6.37. The zero-order valence-electron chi connectivity index (χ0n) is 10.7. The van der Waals surface area contributed by atoms with Gasteiger partial charge in [-0.25, -0.2) is 0 Å². The highest BCUT2D eigenvalue weighted by Gasteiger charge is 2.13. The summed E-state index contributed by atoms with van der Waals surface area (Å²) in [6.07, 6.45) is 0. The van der Waals surface area contributed by atoms with Crippen molar-refractivity contribution < 1.29 is 14.7 Å². The maximum atomic E-state index is 11.7. The lowest BCUT2D eigenvalue weighted by Crippen LogP contribution is -2.34. The molecule has 4 N–H and O–H groups in total. The van der Waals surface area contributed by atoms with E-state index in [4.69, 9.17) is 10.8 Å². The predicted octanol–water partition coefficient (Wildman–Crippen LogP) is 1.01. The van der Waals surface area contributed by atoms with Gasteiger partial charge in [-0.05, 0) is 12.5 Å². The first kappa shape index (κ1) is 15.5. The van der Waals surface area contributed by atoms with Crippen molar-refractivity contribution in [1.29, 1.82) is 0 Å². The topological polar surface area (TPSA) is 92.4 Å². The molecular formula is C13H18N2O3S. The molecule has 5 nitrogen and oxygen atoms in total. The van der Waals surface area contributed by atoms with Gasteiger partial charge in [0.05, 0.1) is 11.8 Å². The van der Waals surface area contributed by atoms with Crippen LogP contribution in [0, 0.1) is 0 Å². The quantitative estimate of drug-likeness (QED) is 0.694. The molecular weight excluding hydrogens is 264 g/mol. The van der Waals surface area contributed by atoms with Crippen LogP contribution in [0.2, 0.25) is 0 Å². The Hall–Kier alpha value is -1.53. The van der Waals surface area contributed by atoms with E-state index in [1.807, 2.05) is 37.3 Å². The van der Waals surface area contributed by atoms with Gasteiger partial charge >= 0.3 is 5.97 Å². The number of nitrogens with two attached hydrogens (primary N) is 1. The maximum Gasteiger partial charge on any atom is 0.321 e. The number of carbonyl (C=O) groups is 2. The number of nitrogens with one attached hydrogen (secondary N) is 1. The second-order valence-electron chi connectivity index (χ2n) is 4.16. The van der Waals surface area contributed by atoms with Crippen LogP contribution in [0.4, 0.5) is 0 Å². The Bertz CT molecular complexity index is 425. The van der Waals surface area contributed by atoms with Gasteiger partial charge in [0.25, 0.3) is 0 Å². The molecule has 0 spiro atoms. The lowest BCUT2D eigenvalue weighted by molar-refractivity contribution is -0.138. The van der Waals surface area contributed by atoms with Gasteiger partial charge in [-0.2, -0.15) is 0 Å². The minimum Gasteiger partial charge on any atom is -0.480 e. The summed E-state index contributed by atoms with van der Waals surface area (Å²) in [6.45, 7) is 1.90. The van der Waals surface area contributed by atoms with Gasteiger partial charge in [0, 0.05) is 5.75 Å². The average molecular weight is 282 g/mol. The Balaban J connectivity index is 2.30. The minimum absolute atomic E-state index is 0.0672. The third kappa shape index (κ3) is 5.76. The number of thioether (sulfide) groups is 1. The van der Waals surface area contributed by atoms with Crippen LogP contribution in [-0.2, 0) is 9.59 Å². The number of hydrogen-bond donors (Lipinski definition) is 3. The summed E-state index contributed by atoms with van der Waals surface area (Å²) in [4.78, 5) is 22.2. The number of aliphatic carboxylic acids is 1. The SMILES string of the molecule is CC(NC(=O)CSCC(N)C(=O)O)c1ccccc1. The second kappa shape index (κ2) is 7.81. The van der Waals surface area contributed by atoms with Crippen LogP contribution in [0.3, 0.4) is 0 Å². The Morgan fingerprint density at radius 3 is 2.58 bits per heavy atom. The summed E-state index contributed by atoms with van der Waals surface area (Å²) in [7, 11) is 0. The fraction of sp³-hybridized carbons (Fsp3) is 0.385. The molecule has 104 valence electrons. The molecule has 0 saturated carbocycles. The molecule has 0 aromatic heterocycles. The Kier molecular flexibility index (Phi) is 6.38. The summed E-state index contributed by atoms with van der Waals surface area (Å²) in [6, 6.07) is 8.64. The van der Waals surface area contributed by atoms with E-state index in [2.05, 4.69) is 5.32 Å². The molecule has 1 aromatic rings. The summed E-state index contributed by atoms with van der Waals surface area (Å²) < 4.78 is 0. The summed E-state index contributed by atoms with van der Waals surface area (Å²) >= 11 is 1.22. The minimum atomic E-state index is -1.05. The van der Waals surface area contributed by atoms with Crippen LogP contribution in [0.1, 0.15) is 18.5 Å². The molecule has 2 unspecified atom stereocenters. The van der Waals surface area contributed by atoms with Crippen molar-refractivity contribution in [3.63, 3.8) is 0 Å². The van der Waals surface area contributed by atoms with Crippen LogP contribution >= 0.6 is 11.8 Å². The number of amides is 1. The third-order valence-electron chi connectivity index (χ3n) is 2.52. The van der Waals surface area contributed by atoms with Crippen LogP contribution in [0.5, 0.6) is 0 Å². The number of carbonyl (C=O) groups excluding carboxylic acids is 1. The highest BCUT2D eigenvalue weighted by Crippen LogP contribution is 2.11. The molecule has 1 rings (SSSR count). The Morgan fingerprint density at radius 1 is 1.37 bits per heavy atom. The molecule has 0 heterocycles. The lowest BCUT2D eigenvalue weighted by atomic mass is 10.1. The second-order valence-corrected chi connectivity index (χ2v) is 5.19. The average Bonchev–Trinajstić information content (AvgIpc) is 2.39. The highest BCUT2D eigenvalue weighted by atomic mass is 32.2. The third-order valence-corrected chi connectivity index (χ3v) is 3.59. The molecule has 0 bridgehead atoms. The lowest BCUT2D eigenvalue weighted by Gasteiger charge is -2.14. The van der Waals surface area contributed by atoms with Gasteiger partial charge in [-0.3, -0.25) is 9.59 Å². The van der Waals surface area contributed by atoms with Gasteiger partial charge in [-0.1, -0.05) is 30.3 Å². The molecule has 0 aliphatic rings. The van der Waals surface area contributed by atoms with Crippen LogP contribution in [0.25, 0.3) is 0 Å². The van der Waals surface area contributed by atoms with E-state index < -0.39 is 12.0 Å². The van der Waals surface area contributed by atoms with Crippen molar-refractivity contribution >= 4 is 23.6 Å². The van der Waals surface area contributed by atoms with E-state index in [0.717, 1.165) is 5.56 Å². The first-order valence-electron chi connectivity index (χ1n) is 5.91. The maximum absolute atomic E-state index is 11.7. The van der Waals surface area contributed by atoms with Crippen molar-refractivity contribution in [3.8, 4) is 0 Å². The van der Waals surface area contributed by atoms with E-state index in [1.54, 1.807) is 0 Å². The molecule has 0 aliphatic carbocycles. The zero-order chi connectivity index (χ0) is 14.3. The Morgan fingerprint density at radius 2 is 2.00 bits per heavy atom. The van der Waals surface area contributed by atoms with Crippen molar-refractivity contribution in [1.82, 2.24) is 5.32 Å². The van der Waals surface area contributed by atoms with Crippen molar-refractivity contribution in [2.24, 2.45) is 5.73 Å². The summed E-state index contributed by atoms with van der Waals surface area (Å²) in [5, 5.41) is 11.5. The Labute approximate surface area is 116 Å². The van der Waals surface area contributed by atoms with Gasteiger partial charge < -0.3 is 16.2 Å². The molecule has 2 atom stereocenters. The van der Waals surface area contributed by atoms with Crippen molar-refractivity contribution in [2.45, 2.75) is 19.0 Å². The molecule has 1 amide bonds. The first-order valence-corrected chi connectivity index (χ1v) is 7.06. The number of carboxylic acids is 1. The largest absolute Gasteiger partial charge is 0.480 e. The fourth-order valence-corrected chi connectivity index (χ4v) is 2.24. The first-order chi connectivity index (χ1) is 9.00. The number of carboxylic acid groups (broad SMARTS) is 1. The van der Waals surface area contributed by atoms with E-state index >= 15 is 0 Å². The predicted molar refractivity (Wildman–Crippen MR) is 75.9 cm³/mol. The van der Waals surface area contributed by atoms with E-state index in [1.165, 1.54) is 11.8 Å². The monoisotopic (exact) mass is 282 g/mol. The zero-order valence-corrected chi connectivity index (χ0v) is 11.5. The summed E-state index contributed by atoms with van der Waals surface area (Å²) in [5.74, 6) is -0.745. The van der Waals surface area contributed by atoms with Crippen LogP contribution in [0.15, 0.2) is 30.3 Å². The molecule has 19 heavy (non-hydrogen) atoms. The fourth-order valence-electron chi connectivity index (χ4n) is 1.46. The molecule has 0 saturated heterocycles.